The molecule has 0 aliphatic carbocycles. The van der Waals surface area contributed by atoms with Gasteiger partial charge in [0.25, 0.3) is 0 Å². The highest BCUT2D eigenvalue weighted by atomic mass is 32.2. The first-order valence-electron chi connectivity index (χ1n) is 6.31. The quantitative estimate of drug-likeness (QED) is 0.874. The van der Waals surface area contributed by atoms with Crippen LogP contribution in [-0.4, -0.2) is 8.42 Å². The third kappa shape index (κ3) is 4.13. The molecule has 0 atom stereocenters. The average molecular weight is 301 g/mol. The lowest BCUT2D eigenvalue weighted by Gasteiger charge is -2.07. The molecule has 0 saturated heterocycles. The summed E-state index contributed by atoms with van der Waals surface area (Å²) in [6, 6.07) is 15.9. The molecule has 108 valence electrons. The maximum atomic E-state index is 11.3. The lowest BCUT2D eigenvalue weighted by Crippen LogP contribution is -2.15. The molecule has 6 heteroatoms. The van der Waals surface area contributed by atoms with Gasteiger partial charge in [-0.3, -0.25) is 0 Å². The van der Waals surface area contributed by atoms with Crippen LogP contribution < -0.4 is 10.5 Å². The van der Waals surface area contributed by atoms with E-state index in [1.807, 2.05) is 24.3 Å². The molecule has 0 fully saturated rings. The minimum Gasteiger partial charge on any atom is -0.309 e. The molecule has 5 nitrogen and oxygen atoms in total. The highest BCUT2D eigenvalue weighted by Gasteiger charge is 2.07. The second-order valence-corrected chi connectivity index (χ2v) is 6.13. The number of primary sulfonamides is 1. The monoisotopic (exact) mass is 301 g/mol. The Labute approximate surface area is 124 Å². The Morgan fingerprint density at radius 1 is 1.10 bits per heavy atom. The number of hydrogen-bond acceptors (Lipinski definition) is 4. The lowest BCUT2D eigenvalue weighted by molar-refractivity contribution is 0.597. The van der Waals surface area contributed by atoms with Crippen LogP contribution in [0.4, 0.5) is 0 Å². The number of benzene rings is 2. The van der Waals surface area contributed by atoms with Crippen LogP contribution in [-0.2, 0) is 23.1 Å². The first-order valence-corrected chi connectivity index (χ1v) is 7.86. The SMILES string of the molecule is N#Cc1ccccc1CNCc1cccc(S(N)(=O)=O)c1. The summed E-state index contributed by atoms with van der Waals surface area (Å²) in [7, 11) is -3.68. The molecule has 2 rings (SSSR count). The number of nitrogens with one attached hydrogen (secondary N) is 1. The van der Waals surface area contributed by atoms with Gasteiger partial charge in [0.15, 0.2) is 0 Å². The second-order valence-electron chi connectivity index (χ2n) is 4.56. The predicted octanol–water partition coefficient (Wildman–Crippen LogP) is 1.50. The number of nitriles is 1. The van der Waals surface area contributed by atoms with E-state index < -0.39 is 10.0 Å². The zero-order valence-electron chi connectivity index (χ0n) is 11.3. The van der Waals surface area contributed by atoms with E-state index in [9.17, 15) is 8.42 Å². The first kappa shape index (κ1) is 15.2. The number of rotatable bonds is 5. The summed E-state index contributed by atoms with van der Waals surface area (Å²) >= 11 is 0. The fraction of sp³-hybridized carbons (Fsp3) is 0.133. The van der Waals surface area contributed by atoms with Crippen LogP contribution in [0.1, 0.15) is 16.7 Å². The van der Waals surface area contributed by atoms with Crippen molar-refractivity contribution in [3.05, 3.63) is 65.2 Å². The molecule has 0 heterocycles. The zero-order valence-corrected chi connectivity index (χ0v) is 12.1. The van der Waals surface area contributed by atoms with Gasteiger partial charge in [-0.1, -0.05) is 30.3 Å². The average Bonchev–Trinajstić information content (AvgIpc) is 2.47. The molecule has 3 N–H and O–H groups in total. The molecule has 0 radical (unpaired) electrons. The summed E-state index contributed by atoms with van der Waals surface area (Å²) in [5.74, 6) is 0. The lowest BCUT2D eigenvalue weighted by atomic mass is 10.1. The van der Waals surface area contributed by atoms with Crippen LogP contribution in [0.2, 0.25) is 0 Å². The van der Waals surface area contributed by atoms with E-state index in [0.29, 0.717) is 18.7 Å². The van der Waals surface area contributed by atoms with E-state index in [1.54, 1.807) is 18.2 Å². The van der Waals surface area contributed by atoms with Gasteiger partial charge < -0.3 is 5.32 Å². The number of nitrogens with zero attached hydrogens (tertiary/aromatic N) is 1. The van der Waals surface area contributed by atoms with Crippen molar-refractivity contribution < 1.29 is 8.42 Å². The highest BCUT2D eigenvalue weighted by molar-refractivity contribution is 7.89. The summed E-state index contributed by atoms with van der Waals surface area (Å²) in [6.45, 7) is 1.02. The molecule has 0 bridgehead atoms. The molecule has 21 heavy (non-hydrogen) atoms. The van der Waals surface area contributed by atoms with Gasteiger partial charge in [-0.25, -0.2) is 13.6 Å². The molecule has 0 aliphatic heterocycles. The summed E-state index contributed by atoms with van der Waals surface area (Å²) in [5, 5.41) is 17.3. The molecule has 0 aromatic heterocycles. The van der Waals surface area contributed by atoms with E-state index in [1.165, 1.54) is 6.07 Å². The summed E-state index contributed by atoms with van der Waals surface area (Å²) < 4.78 is 22.6. The Balaban J connectivity index is 2.03. The Morgan fingerprint density at radius 3 is 2.57 bits per heavy atom. The van der Waals surface area contributed by atoms with E-state index in [4.69, 9.17) is 10.4 Å². The van der Waals surface area contributed by atoms with Crippen molar-refractivity contribution >= 4 is 10.0 Å². The maximum absolute atomic E-state index is 11.3. The Bertz CT molecular complexity index is 780. The van der Waals surface area contributed by atoms with Gasteiger partial charge in [-0.05, 0) is 29.3 Å². The normalized spacial score (nSPS) is 11.0. The van der Waals surface area contributed by atoms with Gasteiger partial charge in [0, 0.05) is 13.1 Å². The van der Waals surface area contributed by atoms with Crippen LogP contribution >= 0.6 is 0 Å². The van der Waals surface area contributed by atoms with E-state index in [-0.39, 0.29) is 4.90 Å². The first-order chi connectivity index (χ1) is 10.0. The zero-order chi connectivity index (χ0) is 15.3. The second kappa shape index (κ2) is 6.50. The Hall–Kier alpha value is -2.20. The molecule has 0 aliphatic rings. The molecule has 0 spiro atoms. The number of nitrogens with two attached hydrogens (primary N) is 1. The van der Waals surface area contributed by atoms with Gasteiger partial charge in [0.05, 0.1) is 16.5 Å². The van der Waals surface area contributed by atoms with E-state index in [2.05, 4.69) is 11.4 Å². The van der Waals surface area contributed by atoms with E-state index >= 15 is 0 Å². The molecule has 0 saturated carbocycles. The fourth-order valence-electron chi connectivity index (χ4n) is 1.96. The van der Waals surface area contributed by atoms with Gasteiger partial charge in [-0.2, -0.15) is 5.26 Å². The van der Waals surface area contributed by atoms with Gasteiger partial charge in [0.1, 0.15) is 0 Å². The van der Waals surface area contributed by atoms with Crippen LogP contribution in [0.25, 0.3) is 0 Å². The van der Waals surface area contributed by atoms with Crippen molar-refractivity contribution in [2.75, 3.05) is 0 Å². The Morgan fingerprint density at radius 2 is 1.86 bits per heavy atom. The van der Waals surface area contributed by atoms with Gasteiger partial charge in [0.2, 0.25) is 10.0 Å². The van der Waals surface area contributed by atoms with Crippen molar-refractivity contribution in [2.45, 2.75) is 18.0 Å². The van der Waals surface area contributed by atoms with Gasteiger partial charge in [-0.15, -0.1) is 0 Å². The molecular weight excluding hydrogens is 286 g/mol. The largest absolute Gasteiger partial charge is 0.309 e. The molecule has 2 aromatic rings. The predicted molar refractivity (Wildman–Crippen MR) is 79.5 cm³/mol. The van der Waals surface area contributed by atoms with Gasteiger partial charge >= 0.3 is 0 Å². The van der Waals surface area contributed by atoms with Crippen LogP contribution in [0, 0.1) is 11.3 Å². The molecule has 2 aromatic carbocycles. The van der Waals surface area contributed by atoms with Crippen molar-refractivity contribution in [1.82, 2.24) is 5.32 Å². The van der Waals surface area contributed by atoms with E-state index in [0.717, 1.165) is 11.1 Å². The summed E-state index contributed by atoms with van der Waals surface area (Å²) in [4.78, 5) is 0.0965. The topological polar surface area (TPSA) is 96.0 Å². The molecule has 0 amide bonds. The van der Waals surface area contributed by atoms with Crippen LogP contribution in [0.15, 0.2) is 53.4 Å². The minimum absolute atomic E-state index is 0.0965. The van der Waals surface area contributed by atoms with Crippen molar-refractivity contribution in [2.24, 2.45) is 5.14 Å². The smallest absolute Gasteiger partial charge is 0.238 e. The minimum atomic E-state index is -3.68. The van der Waals surface area contributed by atoms with Crippen molar-refractivity contribution in [3.8, 4) is 6.07 Å². The fourth-order valence-corrected chi connectivity index (χ4v) is 2.54. The summed E-state index contributed by atoms with van der Waals surface area (Å²) in [6.07, 6.45) is 0. The summed E-state index contributed by atoms with van der Waals surface area (Å²) in [5.41, 5.74) is 2.35. The third-order valence-electron chi connectivity index (χ3n) is 3.01. The highest BCUT2D eigenvalue weighted by Crippen LogP contribution is 2.11. The molecular formula is C15H15N3O2S. The van der Waals surface area contributed by atoms with Crippen molar-refractivity contribution in [1.29, 1.82) is 5.26 Å². The number of hydrogen-bond donors (Lipinski definition) is 2. The third-order valence-corrected chi connectivity index (χ3v) is 3.92. The van der Waals surface area contributed by atoms with Crippen LogP contribution in [0.3, 0.4) is 0 Å². The van der Waals surface area contributed by atoms with Crippen molar-refractivity contribution in [3.63, 3.8) is 0 Å². The number of sulfonamides is 1. The maximum Gasteiger partial charge on any atom is 0.238 e. The Kier molecular flexibility index (Phi) is 4.70. The standard InChI is InChI=1S/C15H15N3O2S/c16-9-13-5-1-2-6-14(13)11-18-10-12-4-3-7-15(8-12)21(17,19)20/h1-8,18H,10-11H2,(H2,17,19,20). The van der Waals surface area contributed by atoms with Crippen LogP contribution in [0.5, 0.6) is 0 Å². The molecule has 0 unspecified atom stereocenters.